The van der Waals surface area contributed by atoms with Gasteiger partial charge >= 0.3 is 5.97 Å². The van der Waals surface area contributed by atoms with Gasteiger partial charge in [-0.15, -0.1) is 0 Å². The van der Waals surface area contributed by atoms with Crippen LogP contribution in [-0.2, 0) is 9.53 Å². The number of halogens is 1. The predicted molar refractivity (Wildman–Crippen MR) is 72.5 cm³/mol. The molecular weight excluding hydrogens is 261 g/mol. The third-order valence-electron chi connectivity index (χ3n) is 4.39. The first-order valence-electron chi connectivity index (χ1n) is 6.62. The maximum absolute atomic E-state index is 14.0. The molecule has 1 aromatic carbocycles. The summed E-state index contributed by atoms with van der Waals surface area (Å²) in [6.07, 6.45) is 0.436. The maximum Gasteiger partial charge on any atom is 0.326 e. The lowest BCUT2D eigenvalue weighted by Crippen LogP contribution is -2.47. The topological polar surface area (TPSA) is 49.8 Å². The molecule has 0 amide bonds. The Labute approximate surface area is 118 Å². The van der Waals surface area contributed by atoms with Gasteiger partial charge in [-0.05, 0) is 26.5 Å². The van der Waals surface area contributed by atoms with Crippen LogP contribution in [0.2, 0.25) is 0 Å². The van der Waals surface area contributed by atoms with Gasteiger partial charge in [-0.25, -0.2) is 4.39 Å². The van der Waals surface area contributed by atoms with Crippen molar-refractivity contribution in [1.82, 2.24) is 4.90 Å². The molecule has 0 bridgehead atoms. The number of carbonyl (C=O) groups excluding carboxylic acids is 1. The molecule has 1 aromatic rings. The van der Waals surface area contributed by atoms with Crippen molar-refractivity contribution in [2.45, 2.75) is 24.9 Å². The summed E-state index contributed by atoms with van der Waals surface area (Å²) in [5.41, 5.74) is -0.351. The lowest BCUT2D eigenvalue weighted by atomic mass is 9.90. The lowest BCUT2D eigenvalue weighted by molar-refractivity contribution is -0.152. The molecule has 0 aliphatic carbocycles. The minimum absolute atomic E-state index is 0.101. The Morgan fingerprint density at radius 2 is 2.20 bits per heavy atom. The molecule has 4 nitrogen and oxygen atoms in total. The second-order valence-electron chi connectivity index (χ2n) is 5.49. The summed E-state index contributed by atoms with van der Waals surface area (Å²) in [6, 6.07) is 6.13. The summed E-state index contributed by atoms with van der Waals surface area (Å²) in [7, 11) is 3.11. The number of likely N-dealkylation sites (N-methyl/N-ethyl adjacent to an activating group) is 1. The van der Waals surface area contributed by atoms with Gasteiger partial charge in [-0.1, -0.05) is 18.2 Å². The first-order valence-corrected chi connectivity index (χ1v) is 6.62. The minimum Gasteiger partial charge on any atom is -0.468 e. The molecule has 0 aromatic heterocycles. The van der Waals surface area contributed by atoms with Gasteiger partial charge < -0.3 is 9.84 Å². The van der Waals surface area contributed by atoms with E-state index in [0.29, 0.717) is 12.0 Å². The van der Waals surface area contributed by atoms with Crippen molar-refractivity contribution in [1.29, 1.82) is 0 Å². The molecule has 1 fully saturated rings. The summed E-state index contributed by atoms with van der Waals surface area (Å²) in [5.74, 6) is -0.893. The van der Waals surface area contributed by atoms with Crippen molar-refractivity contribution in [3.63, 3.8) is 0 Å². The molecule has 2 rings (SSSR count). The van der Waals surface area contributed by atoms with Crippen molar-refractivity contribution >= 4 is 5.97 Å². The van der Waals surface area contributed by atoms with E-state index in [4.69, 9.17) is 4.74 Å². The first kappa shape index (κ1) is 14.9. The third kappa shape index (κ3) is 2.21. The highest BCUT2D eigenvalue weighted by Gasteiger charge is 2.52. The maximum atomic E-state index is 14.0. The number of rotatable bonds is 3. The van der Waals surface area contributed by atoms with E-state index >= 15 is 0 Å². The zero-order valence-corrected chi connectivity index (χ0v) is 12.0. The van der Waals surface area contributed by atoms with Crippen LogP contribution in [0.1, 0.15) is 24.9 Å². The molecular formula is C15H20FNO3. The van der Waals surface area contributed by atoms with E-state index in [1.54, 1.807) is 37.1 Å². The average molecular weight is 281 g/mol. The summed E-state index contributed by atoms with van der Waals surface area (Å²) in [5, 5.41) is 9.59. The lowest BCUT2D eigenvalue weighted by Gasteiger charge is -2.33. The zero-order valence-electron chi connectivity index (χ0n) is 12.0. The second kappa shape index (κ2) is 5.50. The van der Waals surface area contributed by atoms with E-state index in [1.807, 2.05) is 0 Å². The Morgan fingerprint density at radius 1 is 1.55 bits per heavy atom. The molecule has 1 aliphatic heterocycles. The molecule has 1 heterocycles. The number of aliphatic hydroxyl groups excluding tert-OH is 1. The SMILES string of the molecule is COC(=O)[C@]1(C)C[C@H](CO)[C@@H](c2ccccc2F)N1C. The predicted octanol–water partition coefficient (Wildman–Crippen LogP) is 1.74. The van der Waals surface area contributed by atoms with Crippen LogP contribution in [0.3, 0.4) is 0 Å². The van der Waals surface area contributed by atoms with Crippen molar-refractivity contribution in [2.24, 2.45) is 5.92 Å². The molecule has 3 atom stereocenters. The van der Waals surface area contributed by atoms with E-state index in [2.05, 4.69) is 0 Å². The Morgan fingerprint density at radius 3 is 2.75 bits per heavy atom. The molecule has 0 radical (unpaired) electrons. The van der Waals surface area contributed by atoms with Gasteiger partial charge in [-0.2, -0.15) is 0 Å². The molecule has 0 saturated carbocycles. The van der Waals surface area contributed by atoms with Gasteiger partial charge in [-0.3, -0.25) is 9.69 Å². The van der Waals surface area contributed by atoms with Crippen LogP contribution in [0, 0.1) is 11.7 Å². The quantitative estimate of drug-likeness (QED) is 0.858. The number of carbonyl (C=O) groups is 1. The Balaban J connectivity index is 2.43. The third-order valence-corrected chi connectivity index (χ3v) is 4.39. The minimum atomic E-state index is -0.852. The van der Waals surface area contributed by atoms with Gasteiger partial charge in [0.15, 0.2) is 0 Å². The number of likely N-dealkylation sites (tertiary alicyclic amines) is 1. The fourth-order valence-electron chi connectivity index (χ4n) is 3.18. The second-order valence-corrected chi connectivity index (χ2v) is 5.49. The van der Waals surface area contributed by atoms with Crippen LogP contribution < -0.4 is 0 Å². The molecule has 5 heteroatoms. The Bertz CT molecular complexity index is 508. The number of esters is 1. The number of methoxy groups -OCH3 is 1. The number of nitrogens with zero attached hydrogens (tertiary/aromatic N) is 1. The molecule has 0 unspecified atom stereocenters. The Kier molecular flexibility index (Phi) is 4.11. The fourth-order valence-corrected chi connectivity index (χ4v) is 3.18. The summed E-state index contributed by atoms with van der Waals surface area (Å²) >= 11 is 0. The molecule has 20 heavy (non-hydrogen) atoms. The highest BCUT2D eigenvalue weighted by atomic mass is 19.1. The number of hydrogen-bond donors (Lipinski definition) is 1. The Hall–Kier alpha value is -1.46. The van der Waals surface area contributed by atoms with Gasteiger partial charge in [0.05, 0.1) is 7.11 Å². The first-order chi connectivity index (χ1) is 9.45. The van der Waals surface area contributed by atoms with Crippen molar-refractivity contribution in [3.05, 3.63) is 35.6 Å². The van der Waals surface area contributed by atoms with Crippen LogP contribution in [0.25, 0.3) is 0 Å². The summed E-state index contributed by atoms with van der Waals surface area (Å²) in [4.78, 5) is 13.8. The fraction of sp³-hybridized carbons (Fsp3) is 0.533. The number of benzene rings is 1. The van der Waals surface area contributed by atoms with E-state index in [9.17, 15) is 14.3 Å². The monoisotopic (exact) mass is 281 g/mol. The van der Waals surface area contributed by atoms with Crippen molar-refractivity contribution in [2.75, 3.05) is 20.8 Å². The number of aliphatic hydroxyl groups is 1. The van der Waals surface area contributed by atoms with E-state index in [-0.39, 0.29) is 30.4 Å². The average Bonchev–Trinajstić information content (AvgIpc) is 2.72. The zero-order chi connectivity index (χ0) is 14.9. The normalized spacial score (nSPS) is 30.4. The van der Waals surface area contributed by atoms with Crippen LogP contribution in [0.4, 0.5) is 4.39 Å². The van der Waals surface area contributed by atoms with Crippen LogP contribution >= 0.6 is 0 Å². The van der Waals surface area contributed by atoms with E-state index in [1.165, 1.54) is 13.2 Å². The molecule has 0 spiro atoms. The summed E-state index contributed by atoms with van der Waals surface area (Å²) in [6.45, 7) is 1.66. The molecule has 1 N–H and O–H groups in total. The van der Waals surface area contributed by atoms with Crippen LogP contribution in [0.15, 0.2) is 24.3 Å². The molecule has 1 aliphatic rings. The smallest absolute Gasteiger partial charge is 0.326 e. The van der Waals surface area contributed by atoms with Crippen LogP contribution in [-0.4, -0.2) is 42.3 Å². The van der Waals surface area contributed by atoms with Crippen LogP contribution in [0.5, 0.6) is 0 Å². The number of hydrogen-bond acceptors (Lipinski definition) is 4. The largest absolute Gasteiger partial charge is 0.468 e. The van der Waals surface area contributed by atoms with Gasteiger partial charge in [0, 0.05) is 24.1 Å². The van der Waals surface area contributed by atoms with Crippen molar-refractivity contribution in [3.8, 4) is 0 Å². The van der Waals surface area contributed by atoms with E-state index in [0.717, 1.165) is 0 Å². The van der Waals surface area contributed by atoms with E-state index < -0.39 is 5.54 Å². The van der Waals surface area contributed by atoms with Gasteiger partial charge in [0.25, 0.3) is 0 Å². The summed E-state index contributed by atoms with van der Waals surface area (Å²) < 4.78 is 18.9. The van der Waals surface area contributed by atoms with Crippen molar-refractivity contribution < 1.29 is 19.0 Å². The highest BCUT2D eigenvalue weighted by Crippen LogP contribution is 2.46. The van der Waals surface area contributed by atoms with Gasteiger partial charge in [0.2, 0.25) is 0 Å². The number of ether oxygens (including phenoxy) is 1. The standard InChI is InChI=1S/C15H20FNO3/c1-15(14(19)20-3)8-10(9-18)13(17(15)2)11-6-4-5-7-12(11)16/h4-7,10,13,18H,8-9H2,1-3H3/t10-,13+,15+/m1/s1. The molecule has 1 saturated heterocycles. The van der Waals surface area contributed by atoms with Gasteiger partial charge in [0.1, 0.15) is 11.4 Å². The molecule has 110 valence electrons. The highest BCUT2D eigenvalue weighted by molar-refractivity contribution is 5.80.